The van der Waals surface area contributed by atoms with Gasteiger partial charge in [-0.15, -0.1) is 0 Å². The van der Waals surface area contributed by atoms with Crippen LogP contribution in [0.1, 0.15) is 42.5 Å². The maximum Gasteiger partial charge on any atom is 0.224 e. The topological polar surface area (TPSA) is 66.3 Å². The van der Waals surface area contributed by atoms with Crippen molar-refractivity contribution in [3.05, 3.63) is 47.5 Å². The van der Waals surface area contributed by atoms with Crippen molar-refractivity contribution in [3.8, 4) is 0 Å². The number of likely N-dealkylation sites (tertiary alicyclic amines) is 2. The zero-order valence-corrected chi connectivity index (χ0v) is 18.3. The first-order chi connectivity index (χ1) is 14.6. The van der Waals surface area contributed by atoms with Gasteiger partial charge in [0, 0.05) is 56.9 Å². The van der Waals surface area contributed by atoms with Crippen molar-refractivity contribution in [2.45, 2.75) is 51.7 Å². The van der Waals surface area contributed by atoms with Gasteiger partial charge in [0.15, 0.2) is 0 Å². The molecule has 7 nitrogen and oxygen atoms in total. The number of pyridine rings is 1. The molecule has 4 rings (SSSR count). The van der Waals surface area contributed by atoms with Gasteiger partial charge in [-0.05, 0) is 69.9 Å². The van der Waals surface area contributed by atoms with E-state index in [2.05, 4.69) is 37.3 Å². The molecule has 1 N–H and O–H groups in total. The van der Waals surface area contributed by atoms with E-state index >= 15 is 0 Å². The number of carbonyl (C=O) groups excluding carboxylic acids is 1. The smallest absolute Gasteiger partial charge is 0.224 e. The second-order valence-electron chi connectivity index (χ2n) is 8.83. The fourth-order valence-corrected chi connectivity index (χ4v) is 4.89. The summed E-state index contributed by atoms with van der Waals surface area (Å²) >= 11 is 0. The number of hydrogen-bond acceptors (Lipinski definition) is 5. The standard InChI is InChI=1S/C23H34N6O/c1-18-21(16-27(2)26-18)14-25-23(30)20-4-3-11-29(17-20)22-7-12-28(13-8-22)15-19-5-9-24-10-6-19/h5-6,9-10,16,20,22H,3-4,7-8,11-15,17H2,1-2H3,(H,25,30)/t20-/m1/s1. The van der Waals surface area contributed by atoms with Gasteiger partial charge in [0.05, 0.1) is 11.6 Å². The Balaban J connectivity index is 1.24. The Hall–Kier alpha value is -2.25. The van der Waals surface area contributed by atoms with E-state index in [0.717, 1.165) is 56.8 Å². The van der Waals surface area contributed by atoms with Crippen molar-refractivity contribution in [2.75, 3.05) is 26.2 Å². The molecule has 162 valence electrons. The summed E-state index contributed by atoms with van der Waals surface area (Å²) in [5.74, 6) is 0.295. The number of nitrogens with one attached hydrogen (secondary N) is 1. The average molecular weight is 411 g/mol. The summed E-state index contributed by atoms with van der Waals surface area (Å²) < 4.78 is 1.81. The Kier molecular flexibility index (Phi) is 6.79. The van der Waals surface area contributed by atoms with E-state index in [9.17, 15) is 4.79 Å². The van der Waals surface area contributed by atoms with Crippen LogP contribution in [0.15, 0.2) is 30.7 Å². The normalized spacial score (nSPS) is 21.6. The molecule has 7 heteroatoms. The van der Waals surface area contributed by atoms with Crippen molar-refractivity contribution in [2.24, 2.45) is 13.0 Å². The summed E-state index contributed by atoms with van der Waals surface area (Å²) in [4.78, 5) is 22.0. The summed E-state index contributed by atoms with van der Waals surface area (Å²) in [5, 5.41) is 7.51. The average Bonchev–Trinajstić information content (AvgIpc) is 3.10. The highest BCUT2D eigenvalue weighted by Crippen LogP contribution is 2.25. The second-order valence-corrected chi connectivity index (χ2v) is 8.83. The van der Waals surface area contributed by atoms with Gasteiger partial charge in [0.25, 0.3) is 0 Å². The molecule has 2 aromatic heterocycles. The van der Waals surface area contributed by atoms with Crippen LogP contribution in [0.3, 0.4) is 0 Å². The zero-order valence-electron chi connectivity index (χ0n) is 18.3. The van der Waals surface area contributed by atoms with Crippen LogP contribution in [0, 0.1) is 12.8 Å². The molecule has 2 saturated heterocycles. The molecule has 0 aliphatic carbocycles. The lowest BCUT2D eigenvalue weighted by Crippen LogP contribution is -2.50. The van der Waals surface area contributed by atoms with E-state index in [1.54, 1.807) is 4.68 Å². The fourth-order valence-electron chi connectivity index (χ4n) is 4.89. The molecule has 2 fully saturated rings. The van der Waals surface area contributed by atoms with Crippen LogP contribution in [0.5, 0.6) is 0 Å². The van der Waals surface area contributed by atoms with E-state index < -0.39 is 0 Å². The summed E-state index contributed by atoms with van der Waals surface area (Å²) in [6, 6.07) is 4.81. The number of carbonyl (C=O) groups is 1. The van der Waals surface area contributed by atoms with Gasteiger partial charge >= 0.3 is 0 Å². The van der Waals surface area contributed by atoms with Gasteiger partial charge in [-0.3, -0.25) is 24.3 Å². The van der Waals surface area contributed by atoms with Crippen LogP contribution in [-0.4, -0.2) is 62.7 Å². The summed E-state index contributed by atoms with van der Waals surface area (Å²) in [7, 11) is 1.92. The molecule has 1 atom stereocenters. The van der Waals surface area contributed by atoms with Gasteiger partial charge in [-0.25, -0.2) is 0 Å². The van der Waals surface area contributed by atoms with Crippen LogP contribution in [0.25, 0.3) is 0 Å². The Labute approximate surface area is 179 Å². The van der Waals surface area contributed by atoms with Crippen LogP contribution < -0.4 is 5.32 Å². The molecule has 2 aromatic rings. The third kappa shape index (κ3) is 5.26. The number of aromatic nitrogens is 3. The summed E-state index contributed by atoms with van der Waals surface area (Å²) in [6.07, 6.45) is 10.2. The van der Waals surface area contributed by atoms with Gasteiger partial charge in [-0.2, -0.15) is 5.10 Å². The molecule has 0 spiro atoms. The first-order valence-corrected chi connectivity index (χ1v) is 11.2. The molecule has 30 heavy (non-hydrogen) atoms. The maximum absolute atomic E-state index is 12.8. The molecular formula is C23H34N6O. The number of piperidine rings is 2. The zero-order chi connectivity index (χ0) is 20.9. The fraction of sp³-hybridized carbons (Fsp3) is 0.609. The minimum Gasteiger partial charge on any atom is -0.352 e. The highest BCUT2D eigenvalue weighted by atomic mass is 16.1. The predicted octanol–water partition coefficient (Wildman–Crippen LogP) is 2.12. The SMILES string of the molecule is Cc1nn(C)cc1CNC(=O)[C@@H]1CCCN(C2CCN(Cc3ccncc3)CC2)C1. The van der Waals surface area contributed by atoms with Crippen molar-refractivity contribution < 1.29 is 4.79 Å². The van der Waals surface area contributed by atoms with Crippen LogP contribution in [-0.2, 0) is 24.9 Å². The van der Waals surface area contributed by atoms with E-state index in [0.29, 0.717) is 12.6 Å². The molecule has 0 bridgehead atoms. The molecular weight excluding hydrogens is 376 g/mol. The van der Waals surface area contributed by atoms with Gasteiger partial charge in [0.2, 0.25) is 5.91 Å². The summed E-state index contributed by atoms with van der Waals surface area (Å²) in [5.41, 5.74) is 3.42. The van der Waals surface area contributed by atoms with Crippen molar-refractivity contribution in [3.63, 3.8) is 0 Å². The van der Waals surface area contributed by atoms with Gasteiger partial charge < -0.3 is 5.32 Å². The van der Waals surface area contributed by atoms with Crippen LogP contribution in [0.4, 0.5) is 0 Å². The first kappa shape index (κ1) is 21.0. The Morgan fingerprint density at radius 1 is 1.17 bits per heavy atom. The van der Waals surface area contributed by atoms with Crippen molar-refractivity contribution in [1.29, 1.82) is 0 Å². The maximum atomic E-state index is 12.8. The minimum absolute atomic E-state index is 0.102. The van der Waals surface area contributed by atoms with Gasteiger partial charge in [-0.1, -0.05) is 0 Å². The van der Waals surface area contributed by atoms with Crippen LogP contribution in [0.2, 0.25) is 0 Å². The largest absolute Gasteiger partial charge is 0.352 e. The Bertz CT molecular complexity index is 827. The molecule has 2 aliphatic rings. The van der Waals surface area contributed by atoms with E-state index in [1.165, 1.54) is 18.4 Å². The summed E-state index contributed by atoms with van der Waals surface area (Å²) in [6.45, 7) is 7.84. The van der Waals surface area contributed by atoms with Crippen molar-refractivity contribution in [1.82, 2.24) is 29.9 Å². The number of rotatable bonds is 6. The third-order valence-electron chi connectivity index (χ3n) is 6.62. The molecule has 0 unspecified atom stereocenters. The predicted molar refractivity (Wildman–Crippen MR) is 117 cm³/mol. The second kappa shape index (κ2) is 9.71. The van der Waals surface area contributed by atoms with Crippen LogP contribution >= 0.6 is 0 Å². The number of aryl methyl sites for hydroxylation is 2. The molecule has 4 heterocycles. The molecule has 0 radical (unpaired) electrons. The molecule has 0 aromatic carbocycles. The quantitative estimate of drug-likeness (QED) is 0.790. The monoisotopic (exact) mass is 410 g/mol. The number of amides is 1. The third-order valence-corrected chi connectivity index (χ3v) is 6.62. The molecule has 1 amide bonds. The Morgan fingerprint density at radius 2 is 1.93 bits per heavy atom. The van der Waals surface area contributed by atoms with E-state index in [1.807, 2.05) is 32.6 Å². The number of nitrogens with zero attached hydrogens (tertiary/aromatic N) is 5. The lowest BCUT2D eigenvalue weighted by Gasteiger charge is -2.42. The highest BCUT2D eigenvalue weighted by Gasteiger charge is 2.31. The van der Waals surface area contributed by atoms with Gasteiger partial charge in [0.1, 0.15) is 0 Å². The molecule has 2 aliphatic heterocycles. The highest BCUT2D eigenvalue weighted by molar-refractivity contribution is 5.79. The lowest BCUT2D eigenvalue weighted by atomic mass is 9.93. The lowest BCUT2D eigenvalue weighted by molar-refractivity contribution is -0.127. The Morgan fingerprint density at radius 3 is 2.63 bits per heavy atom. The molecule has 0 saturated carbocycles. The first-order valence-electron chi connectivity index (χ1n) is 11.2. The van der Waals surface area contributed by atoms with E-state index in [-0.39, 0.29) is 11.8 Å². The van der Waals surface area contributed by atoms with Crippen molar-refractivity contribution >= 4 is 5.91 Å². The number of hydrogen-bond donors (Lipinski definition) is 1. The minimum atomic E-state index is 0.102. The van der Waals surface area contributed by atoms with E-state index in [4.69, 9.17) is 0 Å².